The lowest BCUT2D eigenvalue weighted by Gasteiger charge is -2.30. The quantitative estimate of drug-likeness (QED) is 0.843. The number of anilines is 1. The molecule has 148 valence electrons. The van der Waals surface area contributed by atoms with Gasteiger partial charge in [0.05, 0.1) is 0 Å². The number of rotatable bonds is 5. The second-order valence-corrected chi connectivity index (χ2v) is 7.57. The zero-order valence-corrected chi connectivity index (χ0v) is 16.8. The van der Waals surface area contributed by atoms with Crippen LogP contribution in [0.2, 0.25) is 0 Å². The van der Waals surface area contributed by atoms with Gasteiger partial charge in [0.25, 0.3) is 11.8 Å². The molecule has 2 aromatic rings. The van der Waals surface area contributed by atoms with Crippen molar-refractivity contribution in [2.75, 3.05) is 18.4 Å². The summed E-state index contributed by atoms with van der Waals surface area (Å²) in [5.41, 5.74) is 2.17. The minimum absolute atomic E-state index is 0.0206. The number of aryl methyl sites for hydroxylation is 1. The fourth-order valence-electron chi connectivity index (χ4n) is 3.30. The highest BCUT2D eigenvalue weighted by molar-refractivity contribution is 5.98. The summed E-state index contributed by atoms with van der Waals surface area (Å²) in [7, 11) is 0. The molecule has 2 amide bonds. The van der Waals surface area contributed by atoms with Gasteiger partial charge in [-0.25, -0.2) is 0 Å². The van der Waals surface area contributed by atoms with Crippen LogP contribution in [0.5, 0.6) is 5.75 Å². The minimum Gasteiger partial charge on any atom is -0.481 e. The maximum Gasteiger partial charge on any atom is 0.265 e. The zero-order valence-electron chi connectivity index (χ0n) is 16.8. The Balaban J connectivity index is 1.63. The number of benzene rings is 2. The Bertz CT molecular complexity index is 841. The van der Waals surface area contributed by atoms with Crippen LogP contribution >= 0.6 is 0 Å². The van der Waals surface area contributed by atoms with Crippen LogP contribution in [0.15, 0.2) is 48.5 Å². The van der Waals surface area contributed by atoms with Crippen LogP contribution in [0, 0.1) is 12.8 Å². The molecule has 1 aliphatic rings. The Labute approximate surface area is 166 Å². The Morgan fingerprint density at radius 2 is 1.82 bits per heavy atom. The number of likely N-dealkylation sites (tertiary alicyclic amines) is 1. The van der Waals surface area contributed by atoms with Crippen molar-refractivity contribution in [3.63, 3.8) is 0 Å². The minimum atomic E-state index is -0.649. The predicted octanol–water partition coefficient (Wildman–Crippen LogP) is 4.27. The SMILES string of the molecule is Cc1ccccc1OC(C)C(=O)Nc1cccc(C(=O)N2CCC(C)CC2)c1. The van der Waals surface area contributed by atoms with E-state index in [1.165, 1.54) is 0 Å². The summed E-state index contributed by atoms with van der Waals surface area (Å²) in [4.78, 5) is 27.2. The van der Waals surface area contributed by atoms with Crippen molar-refractivity contribution < 1.29 is 14.3 Å². The summed E-state index contributed by atoms with van der Waals surface area (Å²) in [6.07, 6.45) is 1.43. The van der Waals surface area contributed by atoms with Crippen LogP contribution in [-0.2, 0) is 4.79 Å². The van der Waals surface area contributed by atoms with Crippen molar-refractivity contribution in [2.24, 2.45) is 5.92 Å². The van der Waals surface area contributed by atoms with Crippen molar-refractivity contribution in [3.8, 4) is 5.75 Å². The number of piperidine rings is 1. The van der Waals surface area contributed by atoms with Gasteiger partial charge in [0.2, 0.25) is 0 Å². The molecule has 1 atom stereocenters. The smallest absolute Gasteiger partial charge is 0.265 e. The average molecular weight is 380 g/mol. The topological polar surface area (TPSA) is 58.6 Å². The third kappa shape index (κ3) is 4.91. The predicted molar refractivity (Wildman–Crippen MR) is 111 cm³/mol. The summed E-state index contributed by atoms with van der Waals surface area (Å²) in [6, 6.07) is 14.7. The highest BCUT2D eigenvalue weighted by Crippen LogP contribution is 2.21. The summed E-state index contributed by atoms with van der Waals surface area (Å²) < 4.78 is 5.77. The first-order valence-electron chi connectivity index (χ1n) is 9.86. The number of hydrogen-bond donors (Lipinski definition) is 1. The number of hydrogen-bond acceptors (Lipinski definition) is 3. The molecule has 0 aromatic heterocycles. The molecule has 1 unspecified atom stereocenters. The molecule has 5 heteroatoms. The first kappa shape index (κ1) is 19.9. The number of carbonyl (C=O) groups excluding carboxylic acids is 2. The Hall–Kier alpha value is -2.82. The molecule has 0 bridgehead atoms. The van der Waals surface area contributed by atoms with Gasteiger partial charge in [-0.3, -0.25) is 9.59 Å². The molecular weight excluding hydrogens is 352 g/mol. The summed E-state index contributed by atoms with van der Waals surface area (Å²) in [5.74, 6) is 1.13. The van der Waals surface area contributed by atoms with Crippen molar-refractivity contribution in [2.45, 2.75) is 39.7 Å². The number of nitrogens with zero attached hydrogens (tertiary/aromatic N) is 1. The Morgan fingerprint density at radius 3 is 2.54 bits per heavy atom. The molecule has 5 nitrogen and oxygen atoms in total. The fraction of sp³-hybridized carbons (Fsp3) is 0.391. The fourth-order valence-corrected chi connectivity index (χ4v) is 3.30. The average Bonchev–Trinajstić information content (AvgIpc) is 2.70. The van der Waals surface area contributed by atoms with Crippen molar-refractivity contribution in [1.82, 2.24) is 4.90 Å². The van der Waals surface area contributed by atoms with Crippen LogP contribution in [-0.4, -0.2) is 35.9 Å². The lowest BCUT2D eigenvalue weighted by molar-refractivity contribution is -0.122. The van der Waals surface area contributed by atoms with Crippen LogP contribution < -0.4 is 10.1 Å². The molecule has 1 N–H and O–H groups in total. The van der Waals surface area contributed by atoms with E-state index in [0.717, 1.165) is 31.5 Å². The van der Waals surface area contributed by atoms with Gasteiger partial charge in [0.1, 0.15) is 5.75 Å². The number of ether oxygens (including phenoxy) is 1. The van der Waals surface area contributed by atoms with Crippen molar-refractivity contribution >= 4 is 17.5 Å². The zero-order chi connectivity index (χ0) is 20.1. The van der Waals surface area contributed by atoms with E-state index >= 15 is 0 Å². The van der Waals surface area contributed by atoms with Crippen LogP contribution in [0.4, 0.5) is 5.69 Å². The van der Waals surface area contributed by atoms with Crippen LogP contribution in [0.3, 0.4) is 0 Å². The van der Waals surface area contributed by atoms with Crippen molar-refractivity contribution in [1.29, 1.82) is 0 Å². The molecule has 0 spiro atoms. The molecule has 1 heterocycles. The molecule has 0 saturated carbocycles. The number of nitrogens with one attached hydrogen (secondary N) is 1. The van der Waals surface area contributed by atoms with Gasteiger partial charge in [-0.1, -0.05) is 31.2 Å². The number of amides is 2. The van der Waals surface area contributed by atoms with E-state index in [9.17, 15) is 9.59 Å². The maximum absolute atomic E-state index is 12.7. The summed E-state index contributed by atoms with van der Waals surface area (Å²) in [6.45, 7) is 7.45. The van der Waals surface area contributed by atoms with Gasteiger partial charge in [-0.05, 0) is 62.4 Å². The second kappa shape index (κ2) is 8.91. The highest BCUT2D eigenvalue weighted by Gasteiger charge is 2.22. The van der Waals surface area contributed by atoms with E-state index in [1.54, 1.807) is 31.2 Å². The van der Waals surface area contributed by atoms with E-state index < -0.39 is 6.10 Å². The normalized spacial score (nSPS) is 15.8. The first-order chi connectivity index (χ1) is 13.4. The molecule has 0 aliphatic carbocycles. The summed E-state index contributed by atoms with van der Waals surface area (Å²) in [5, 5.41) is 2.85. The third-order valence-electron chi connectivity index (χ3n) is 5.21. The standard InChI is InChI=1S/C23H28N2O3/c1-16-11-13-25(14-12-16)23(27)19-8-6-9-20(15-19)24-22(26)18(3)28-21-10-5-4-7-17(21)2/h4-10,15-16,18H,11-14H2,1-3H3,(H,24,26). The van der Waals surface area contributed by atoms with Gasteiger partial charge in [0, 0.05) is 24.3 Å². The lowest BCUT2D eigenvalue weighted by Crippen LogP contribution is -2.38. The van der Waals surface area contributed by atoms with Gasteiger partial charge < -0.3 is 15.0 Å². The van der Waals surface area contributed by atoms with E-state index in [0.29, 0.717) is 22.9 Å². The second-order valence-electron chi connectivity index (χ2n) is 7.57. The van der Waals surface area contributed by atoms with Crippen LogP contribution in [0.1, 0.15) is 42.6 Å². The molecule has 1 aliphatic heterocycles. The molecule has 0 radical (unpaired) electrons. The molecule has 3 rings (SSSR count). The highest BCUT2D eigenvalue weighted by atomic mass is 16.5. The van der Waals surface area contributed by atoms with E-state index in [2.05, 4.69) is 12.2 Å². The molecule has 1 fully saturated rings. The van der Waals surface area contributed by atoms with Gasteiger partial charge in [-0.15, -0.1) is 0 Å². The molecule has 2 aromatic carbocycles. The molecular formula is C23H28N2O3. The Kier molecular flexibility index (Phi) is 6.34. The van der Waals surface area contributed by atoms with E-state index in [4.69, 9.17) is 4.74 Å². The van der Waals surface area contributed by atoms with Crippen molar-refractivity contribution in [3.05, 3.63) is 59.7 Å². The van der Waals surface area contributed by atoms with Crippen LogP contribution in [0.25, 0.3) is 0 Å². The molecule has 28 heavy (non-hydrogen) atoms. The third-order valence-corrected chi connectivity index (χ3v) is 5.21. The van der Waals surface area contributed by atoms with Gasteiger partial charge >= 0.3 is 0 Å². The number of carbonyl (C=O) groups is 2. The lowest BCUT2D eigenvalue weighted by atomic mass is 9.98. The first-order valence-corrected chi connectivity index (χ1v) is 9.86. The van der Waals surface area contributed by atoms with Gasteiger partial charge in [-0.2, -0.15) is 0 Å². The van der Waals surface area contributed by atoms with E-state index in [-0.39, 0.29) is 11.8 Å². The maximum atomic E-state index is 12.7. The van der Waals surface area contributed by atoms with E-state index in [1.807, 2.05) is 36.1 Å². The molecule has 1 saturated heterocycles. The number of para-hydroxylation sites is 1. The Morgan fingerprint density at radius 1 is 1.11 bits per heavy atom. The van der Waals surface area contributed by atoms with Gasteiger partial charge in [0.15, 0.2) is 6.10 Å². The summed E-state index contributed by atoms with van der Waals surface area (Å²) >= 11 is 0. The largest absolute Gasteiger partial charge is 0.481 e. The monoisotopic (exact) mass is 380 g/mol.